The number of nitrogens with zero attached hydrogens (tertiary/aromatic N) is 3. The Morgan fingerprint density at radius 2 is 1.93 bits per heavy atom. The number of hydrogen-bond donors (Lipinski definition) is 2. The molecule has 0 fully saturated rings. The summed E-state index contributed by atoms with van der Waals surface area (Å²) in [6, 6.07) is 3.48. The molecule has 0 saturated heterocycles. The number of amides is 1. The van der Waals surface area contributed by atoms with Crippen LogP contribution < -0.4 is 16.0 Å². The van der Waals surface area contributed by atoms with E-state index in [9.17, 15) is 17.6 Å². The third kappa shape index (κ3) is 3.57. The first-order chi connectivity index (χ1) is 12.4. The molecule has 1 aliphatic heterocycles. The van der Waals surface area contributed by atoms with Crippen LogP contribution in [0.2, 0.25) is 0 Å². The summed E-state index contributed by atoms with van der Waals surface area (Å²) in [4.78, 5) is 22.2. The maximum absolute atomic E-state index is 14.3. The first-order valence-corrected chi connectivity index (χ1v) is 10.0. The SMILES string of the molecule is CC(C)(C)N1C(=O)Cc2c(N)nc(Nc3ccc(S(C)(=O)=O)cc3F)nc21. The second kappa shape index (κ2) is 6.15. The number of rotatable bonds is 3. The van der Waals surface area contributed by atoms with E-state index < -0.39 is 21.2 Å². The van der Waals surface area contributed by atoms with Gasteiger partial charge in [0.25, 0.3) is 0 Å². The highest BCUT2D eigenvalue weighted by atomic mass is 32.2. The van der Waals surface area contributed by atoms with Gasteiger partial charge in [-0.2, -0.15) is 9.97 Å². The van der Waals surface area contributed by atoms with Crippen LogP contribution in [0, 0.1) is 5.82 Å². The van der Waals surface area contributed by atoms with Crippen molar-refractivity contribution < 1.29 is 17.6 Å². The van der Waals surface area contributed by atoms with Crippen molar-refractivity contribution in [3.05, 3.63) is 29.6 Å². The monoisotopic (exact) mass is 393 g/mol. The minimum atomic E-state index is -3.52. The number of nitrogens with one attached hydrogen (secondary N) is 1. The predicted octanol–water partition coefficient (Wildman–Crippen LogP) is 2.03. The summed E-state index contributed by atoms with van der Waals surface area (Å²) in [7, 11) is -3.52. The van der Waals surface area contributed by atoms with Crippen LogP contribution in [0.15, 0.2) is 23.1 Å². The van der Waals surface area contributed by atoms with Crippen LogP contribution in [0.4, 0.5) is 27.7 Å². The minimum Gasteiger partial charge on any atom is -0.383 e. The third-order valence-corrected chi connectivity index (χ3v) is 5.20. The summed E-state index contributed by atoms with van der Waals surface area (Å²) >= 11 is 0. The molecule has 2 heterocycles. The second-order valence-corrected chi connectivity index (χ2v) is 9.37. The van der Waals surface area contributed by atoms with Gasteiger partial charge in [0.2, 0.25) is 11.9 Å². The van der Waals surface area contributed by atoms with Gasteiger partial charge in [-0.3, -0.25) is 9.69 Å². The van der Waals surface area contributed by atoms with Crippen molar-refractivity contribution in [3.8, 4) is 0 Å². The van der Waals surface area contributed by atoms with E-state index in [0.717, 1.165) is 12.3 Å². The highest BCUT2D eigenvalue weighted by Gasteiger charge is 2.38. The Labute approximate surface area is 156 Å². The average Bonchev–Trinajstić information content (AvgIpc) is 2.85. The normalized spacial score (nSPS) is 14.4. The predicted molar refractivity (Wildman–Crippen MR) is 100 cm³/mol. The van der Waals surface area contributed by atoms with Crippen LogP contribution in [0.3, 0.4) is 0 Å². The lowest BCUT2D eigenvalue weighted by Gasteiger charge is -2.31. The molecule has 2 aromatic rings. The van der Waals surface area contributed by atoms with Gasteiger partial charge in [-0.25, -0.2) is 12.8 Å². The Morgan fingerprint density at radius 3 is 2.48 bits per heavy atom. The molecule has 0 unspecified atom stereocenters. The minimum absolute atomic E-state index is 0.00613. The average molecular weight is 393 g/mol. The van der Waals surface area contributed by atoms with Crippen LogP contribution >= 0.6 is 0 Å². The molecule has 1 aromatic heterocycles. The fourth-order valence-electron chi connectivity index (χ4n) is 2.89. The standard InChI is InChI=1S/C17H20FN5O3S/c1-17(2,3)23-13(24)8-10-14(19)21-16(22-15(10)23)20-12-6-5-9(7-11(12)18)27(4,25)26/h5-7H,8H2,1-4H3,(H3,19,20,21,22). The Balaban J connectivity index is 2.00. The summed E-state index contributed by atoms with van der Waals surface area (Å²) in [5.74, 6) is -0.378. The highest BCUT2D eigenvalue weighted by Crippen LogP contribution is 2.36. The topological polar surface area (TPSA) is 118 Å². The smallest absolute Gasteiger partial charge is 0.233 e. The van der Waals surface area contributed by atoms with Crippen molar-refractivity contribution in [1.29, 1.82) is 0 Å². The van der Waals surface area contributed by atoms with Crippen molar-refractivity contribution in [2.75, 3.05) is 22.2 Å². The quantitative estimate of drug-likeness (QED) is 0.819. The van der Waals surface area contributed by atoms with Crippen molar-refractivity contribution in [2.24, 2.45) is 0 Å². The fourth-order valence-corrected chi connectivity index (χ4v) is 3.52. The number of carbonyl (C=O) groups is 1. The summed E-state index contributed by atoms with van der Waals surface area (Å²) in [6.45, 7) is 5.61. The molecule has 3 rings (SSSR count). The van der Waals surface area contributed by atoms with Gasteiger partial charge in [0, 0.05) is 17.4 Å². The summed E-state index contributed by atoms with van der Waals surface area (Å²) in [5.41, 5.74) is 5.99. The molecule has 8 nitrogen and oxygen atoms in total. The van der Waals surface area contributed by atoms with Crippen LogP contribution in [0.1, 0.15) is 26.3 Å². The maximum atomic E-state index is 14.3. The van der Waals surface area contributed by atoms with Crippen LogP contribution in [0.5, 0.6) is 0 Å². The number of sulfone groups is 1. The first-order valence-electron chi connectivity index (χ1n) is 8.14. The number of nitrogens with two attached hydrogens (primary N) is 1. The second-order valence-electron chi connectivity index (χ2n) is 7.35. The molecule has 0 atom stereocenters. The van der Waals surface area contributed by atoms with Gasteiger partial charge >= 0.3 is 0 Å². The van der Waals surface area contributed by atoms with E-state index in [1.165, 1.54) is 17.0 Å². The fraction of sp³-hybridized carbons (Fsp3) is 0.353. The molecule has 1 amide bonds. The third-order valence-electron chi connectivity index (χ3n) is 4.09. The van der Waals surface area contributed by atoms with E-state index in [4.69, 9.17) is 5.73 Å². The van der Waals surface area contributed by atoms with Crippen molar-refractivity contribution in [1.82, 2.24) is 9.97 Å². The summed E-state index contributed by atoms with van der Waals surface area (Å²) < 4.78 is 37.3. The number of benzene rings is 1. The van der Waals surface area contributed by atoms with E-state index in [-0.39, 0.29) is 34.7 Å². The van der Waals surface area contributed by atoms with E-state index in [1.54, 1.807) is 0 Å². The number of halogens is 1. The number of fused-ring (bicyclic) bond motifs is 1. The molecule has 1 aliphatic rings. The Bertz CT molecular complexity index is 1050. The van der Waals surface area contributed by atoms with Gasteiger partial charge in [0.15, 0.2) is 9.84 Å². The van der Waals surface area contributed by atoms with Gasteiger partial charge in [-0.05, 0) is 39.0 Å². The number of nitrogen functional groups attached to an aromatic ring is 1. The van der Waals surface area contributed by atoms with E-state index in [2.05, 4.69) is 15.3 Å². The van der Waals surface area contributed by atoms with Gasteiger partial charge in [-0.1, -0.05) is 0 Å². The van der Waals surface area contributed by atoms with Crippen molar-refractivity contribution >= 4 is 39.0 Å². The van der Waals surface area contributed by atoms with E-state index in [0.29, 0.717) is 11.4 Å². The van der Waals surface area contributed by atoms with Crippen LogP contribution in [-0.2, 0) is 21.1 Å². The molecule has 27 heavy (non-hydrogen) atoms. The van der Waals surface area contributed by atoms with Gasteiger partial charge in [0.1, 0.15) is 17.5 Å². The lowest BCUT2D eigenvalue weighted by Crippen LogP contribution is -2.44. The highest BCUT2D eigenvalue weighted by molar-refractivity contribution is 7.90. The zero-order valence-electron chi connectivity index (χ0n) is 15.4. The van der Waals surface area contributed by atoms with Gasteiger partial charge in [-0.15, -0.1) is 0 Å². The van der Waals surface area contributed by atoms with E-state index >= 15 is 0 Å². The molecule has 10 heteroatoms. The zero-order chi connectivity index (χ0) is 20.1. The molecule has 0 spiro atoms. The van der Waals surface area contributed by atoms with Crippen molar-refractivity contribution in [3.63, 3.8) is 0 Å². The van der Waals surface area contributed by atoms with Gasteiger partial charge in [0.05, 0.1) is 17.0 Å². The molecule has 3 N–H and O–H groups in total. The molecule has 0 radical (unpaired) electrons. The lowest BCUT2D eigenvalue weighted by atomic mass is 10.1. The summed E-state index contributed by atoms with van der Waals surface area (Å²) in [6.07, 6.45) is 1.10. The Hall–Kier alpha value is -2.75. The number of aromatic nitrogens is 2. The summed E-state index contributed by atoms with van der Waals surface area (Å²) in [5, 5.41) is 2.70. The molecular weight excluding hydrogens is 373 g/mol. The zero-order valence-corrected chi connectivity index (χ0v) is 16.2. The molecule has 0 bridgehead atoms. The van der Waals surface area contributed by atoms with Crippen LogP contribution in [-0.4, -0.2) is 36.1 Å². The van der Waals surface area contributed by atoms with Crippen LogP contribution in [0.25, 0.3) is 0 Å². The number of hydrogen-bond acceptors (Lipinski definition) is 7. The maximum Gasteiger partial charge on any atom is 0.233 e. The largest absolute Gasteiger partial charge is 0.383 e. The first kappa shape index (κ1) is 19.0. The molecular formula is C17H20FN5O3S. The molecule has 0 aliphatic carbocycles. The van der Waals surface area contributed by atoms with Crippen molar-refractivity contribution in [2.45, 2.75) is 37.6 Å². The van der Waals surface area contributed by atoms with Gasteiger partial charge < -0.3 is 11.1 Å². The Morgan fingerprint density at radius 1 is 1.26 bits per heavy atom. The lowest BCUT2D eigenvalue weighted by molar-refractivity contribution is -0.118. The molecule has 144 valence electrons. The number of anilines is 4. The van der Waals surface area contributed by atoms with E-state index in [1.807, 2.05) is 20.8 Å². The molecule has 1 aromatic carbocycles. The molecule has 0 saturated carbocycles. The number of carbonyl (C=O) groups excluding carboxylic acids is 1. The Kier molecular flexibility index (Phi) is 4.34.